The minimum atomic E-state index is -4.12. The van der Waals surface area contributed by atoms with Crippen LogP contribution in [0.1, 0.15) is 19.8 Å². The predicted octanol–water partition coefficient (Wildman–Crippen LogP) is 1.17. The number of carbonyl (C=O) groups excluding carboxylic acids is 1. The van der Waals surface area contributed by atoms with Crippen molar-refractivity contribution in [3.8, 4) is 0 Å². The highest BCUT2D eigenvalue weighted by Gasteiger charge is 2.35. The van der Waals surface area contributed by atoms with E-state index in [1.165, 1.54) is 37.3 Å². The third-order valence-electron chi connectivity index (χ3n) is 3.82. The van der Waals surface area contributed by atoms with Gasteiger partial charge in [0.2, 0.25) is 0 Å². The summed E-state index contributed by atoms with van der Waals surface area (Å²) in [5.41, 5.74) is -1.74. The molecule has 0 aromatic carbocycles. The third-order valence-corrected chi connectivity index (χ3v) is 4.61. The van der Waals surface area contributed by atoms with E-state index in [1.807, 2.05) is 0 Å². The molecule has 0 fully saturated rings. The molecule has 0 bridgehead atoms. The summed E-state index contributed by atoms with van der Waals surface area (Å²) in [7, 11) is 0. The molecule has 0 saturated carbocycles. The molecular weight excluding hydrogens is 419 g/mol. The van der Waals surface area contributed by atoms with Crippen molar-refractivity contribution < 1.29 is 39.2 Å². The maximum Gasteiger partial charge on any atom is 0.331 e. The number of hydrogen-bond donors (Lipinski definition) is 5. The van der Waals surface area contributed by atoms with Crippen LogP contribution in [-0.2, 0) is 25.9 Å². The van der Waals surface area contributed by atoms with Gasteiger partial charge in [-0.15, -0.1) is 0 Å². The minimum Gasteiger partial charge on any atom is -0.455 e. The van der Waals surface area contributed by atoms with Gasteiger partial charge in [0.25, 0.3) is 0 Å². The van der Waals surface area contributed by atoms with Crippen molar-refractivity contribution in [2.24, 2.45) is 0 Å². The van der Waals surface area contributed by atoms with Gasteiger partial charge >= 0.3 is 12.7 Å². The molecule has 1 rings (SSSR count). The quantitative estimate of drug-likeness (QED) is 0.137. The first-order valence-electron chi connectivity index (χ1n) is 8.85. The van der Waals surface area contributed by atoms with Crippen molar-refractivity contribution in [3.63, 3.8) is 0 Å². The lowest BCUT2D eigenvalue weighted by Crippen LogP contribution is -2.41. The summed E-state index contributed by atoms with van der Waals surface area (Å²) < 4.78 is 10.1. The van der Waals surface area contributed by atoms with Crippen LogP contribution in [0.5, 0.6) is 0 Å². The molecule has 8 nitrogen and oxygen atoms in total. The summed E-state index contributed by atoms with van der Waals surface area (Å²) >= 11 is 4.50. The Balaban J connectivity index is 2.84. The van der Waals surface area contributed by atoms with E-state index in [2.05, 4.69) is 11.8 Å². The highest BCUT2D eigenvalue weighted by molar-refractivity contribution is 8.06. The number of cyclic esters (lactones) is 1. The lowest BCUT2D eigenvalue weighted by atomic mass is 9.93. The largest absolute Gasteiger partial charge is 0.455 e. The first-order chi connectivity index (χ1) is 13.5. The summed E-state index contributed by atoms with van der Waals surface area (Å²) in [4.78, 5) is 30.3. The molecular formula is C19H27O8PS. The van der Waals surface area contributed by atoms with Gasteiger partial charge in [-0.3, -0.25) is 0 Å². The number of rotatable bonds is 11. The van der Waals surface area contributed by atoms with E-state index in [0.717, 1.165) is 0 Å². The number of aliphatic hydroxyl groups is 3. The number of allylic oxidation sites excluding steroid dienone is 4. The Morgan fingerprint density at radius 1 is 1.38 bits per heavy atom. The summed E-state index contributed by atoms with van der Waals surface area (Å²) in [5, 5.41) is 29.5. The Morgan fingerprint density at radius 3 is 2.69 bits per heavy atom. The minimum absolute atomic E-state index is 0.0805. The second-order valence-corrected chi connectivity index (χ2v) is 9.09. The van der Waals surface area contributed by atoms with Crippen LogP contribution in [0.15, 0.2) is 60.8 Å². The average Bonchev–Trinajstić information content (AvgIpc) is 2.61. The molecule has 0 radical (unpaired) electrons. The molecule has 5 N–H and O–H groups in total. The van der Waals surface area contributed by atoms with E-state index < -0.39 is 36.6 Å². The maximum atomic E-state index is 11.3. The van der Waals surface area contributed by atoms with Crippen molar-refractivity contribution in [1.29, 1.82) is 0 Å². The van der Waals surface area contributed by atoms with E-state index in [0.29, 0.717) is 6.42 Å². The topological polar surface area (TPSA) is 137 Å². The van der Waals surface area contributed by atoms with Gasteiger partial charge in [0, 0.05) is 18.9 Å². The molecule has 0 aromatic heterocycles. The Bertz CT molecular complexity index is 720. The van der Waals surface area contributed by atoms with Crippen LogP contribution < -0.4 is 0 Å². The maximum absolute atomic E-state index is 11.3. The smallest absolute Gasteiger partial charge is 0.331 e. The van der Waals surface area contributed by atoms with Gasteiger partial charge in [0.1, 0.15) is 17.8 Å². The van der Waals surface area contributed by atoms with Crippen LogP contribution in [0.4, 0.5) is 0 Å². The SMILES string of the molecule is C[C@@](O)(C=CC1CC=CC(=O)O1)C(C[C@@H](O)C=CC=CC=CCO)OP(O)(O)=S. The van der Waals surface area contributed by atoms with Crippen molar-refractivity contribution in [3.05, 3.63) is 60.8 Å². The van der Waals surface area contributed by atoms with Gasteiger partial charge in [-0.05, 0) is 24.8 Å². The number of ether oxygens (including phenoxy) is 1. The number of carbonyl (C=O) groups is 1. The highest BCUT2D eigenvalue weighted by Crippen LogP contribution is 2.42. The molecule has 29 heavy (non-hydrogen) atoms. The summed E-state index contributed by atoms with van der Waals surface area (Å²) in [6, 6.07) is 0. The van der Waals surface area contributed by atoms with Crippen molar-refractivity contribution in [2.45, 2.75) is 43.7 Å². The molecule has 0 aromatic rings. The average molecular weight is 446 g/mol. The molecule has 4 atom stereocenters. The van der Waals surface area contributed by atoms with Gasteiger partial charge in [-0.1, -0.05) is 48.6 Å². The zero-order chi connectivity index (χ0) is 21.9. The van der Waals surface area contributed by atoms with Gasteiger partial charge in [-0.2, -0.15) is 0 Å². The van der Waals surface area contributed by atoms with E-state index in [4.69, 9.17) is 14.4 Å². The fraction of sp³-hybridized carbons (Fsp3) is 0.421. The lowest BCUT2D eigenvalue weighted by Gasteiger charge is -2.32. The van der Waals surface area contributed by atoms with Crippen LogP contribution in [0.25, 0.3) is 0 Å². The third kappa shape index (κ3) is 11.4. The number of hydrogen-bond acceptors (Lipinski definition) is 7. The van der Waals surface area contributed by atoms with Crippen molar-refractivity contribution >= 4 is 24.5 Å². The first-order valence-corrected chi connectivity index (χ1v) is 11.5. The Labute approximate surface area is 175 Å². The van der Waals surface area contributed by atoms with E-state index >= 15 is 0 Å². The molecule has 0 aliphatic carbocycles. The Kier molecular flexibility index (Phi) is 10.9. The highest BCUT2D eigenvalue weighted by atomic mass is 32.5. The molecule has 2 unspecified atom stereocenters. The van der Waals surface area contributed by atoms with Crippen LogP contribution in [0.3, 0.4) is 0 Å². The van der Waals surface area contributed by atoms with Gasteiger partial charge in [0.05, 0.1) is 12.7 Å². The molecule has 162 valence electrons. The zero-order valence-corrected chi connectivity index (χ0v) is 17.7. The van der Waals surface area contributed by atoms with Gasteiger partial charge < -0.3 is 34.4 Å². The van der Waals surface area contributed by atoms with Crippen LogP contribution in [0, 0.1) is 0 Å². The fourth-order valence-corrected chi connectivity index (χ4v) is 3.32. The molecule has 0 amide bonds. The van der Waals surface area contributed by atoms with E-state index in [-0.39, 0.29) is 13.0 Å². The second kappa shape index (κ2) is 12.3. The van der Waals surface area contributed by atoms with Crippen LogP contribution >= 0.6 is 6.72 Å². The second-order valence-electron chi connectivity index (χ2n) is 6.47. The monoisotopic (exact) mass is 446 g/mol. The molecule has 1 heterocycles. The first kappa shape index (κ1) is 25.6. The fourth-order valence-electron chi connectivity index (χ4n) is 2.37. The molecule has 0 spiro atoms. The normalized spacial score (nSPS) is 22.6. The zero-order valence-electron chi connectivity index (χ0n) is 15.9. The predicted molar refractivity (Wildman–Crippen MR) is 112 cm³/mol. The summed E-state index contributed by atoms with van der Waals surface area (Å²) in [6.45, 7) is -2.85. The van der Waals surface area contributed by atoms with Crippen LogP contribution in [0.2, 0.25) is 0 Å². The van der Waals surface area contributed by atoms with E-state index in [1.54, 1.807) is 30.4 Å². The van der Waals surface area contributed by atoms with Gasteiger partial charge in [0.15, 0.2) is 0 Å². The van der Waals surface area contributed by atoms with Crippen LogP contribution in [-0.4, -0.2) is 61.6 Å². The molecule has 0 saturated heterocycles. The Morgan fingerprint density at radius 2 is 2.07 bits per heavy atom. The van der Waals surface area contributed by atoms with E-state index in [9.17, 15) is 24.8 Å². The standard InChI is InChI=1S/C19H27O8PS/c1-19(23,12-11-16-9-7-10-18(22)26-16)17(27-28(24,25)29)14-15(21)8-5-3-2-4-6-13-20/h2-8,10-12,15-17,20-21,23H,9,13-14H2,1H3,(H2,24,25,29)/t15-,16?,17?,19+/m0/s1. The van der Waals surface area contributed by atoms with Gasteiger partial charge in [-0.25, -0.2) is 4.79 Å². The van der Waals surface area contributed by atoms with Crippen molar-refractivity contribution in [1.82, 2.24) is 0 Å². The van der Waals surface area contributed by atoms with Crippen molar-refractivity contribution in [2.75, 3.05) is 6.61 Å². The number of esters is 1. The summed E-state index contributed by atoms with van der Waals surface area (Å²) in [6.07, 6.45) is 12.5. The molecule has 1 aliphatic heterocycles. The number of aliphatic hydroxyl groups excluding tert-OH is 2. The Hall–Kier alpha value is -1.42. The molecule has 10 heteroatoms. The summed E-state index contributed by atoms with van der Waals surface area (Å²) in [5.74, 6) is -0.498. The molecule has 1 aliphatic rings. The lowest BCUT2D eigenvalue weighted by molar-refractivity contribution is -0.141.